The number of para-hydroxylation sites is 1. The monoisotopic (exact) mass is 430 g/mol. The first kappa shape index (κ1) is 21.6. The van der Waals surface area contributed by atoms with Crippen LogP contribution in [0.3, 0.4) is 0 Å². The molecule has 2 N–H and O–H groups in total. The van der Waals surface area contributed by atoms with E-state index in [0.717, 1.165) is 49.0 Å². The maximum absolute atomic E-state index is 11.2. The average Bonchev–Trinajstić information content (AvgIpc) is 2.71. The van der Waals surface area contributed by atoms with Gasteiger partial charge in [0.15, 0.2) is 5.11 Å². The zero-order valence-corrected chi connectivity index (χ0v) is 18.2. The summed E-state index contributed by atoms with van der Waals surface area (Å²) in [7, 11) is 0. The van der Waals surface area contributed by atoms with Gasteiger partial charge in [0.25, 0.3) is 0 Å². The molecule has 1 fully saturated rings. The van der Waals surface area contributed by atoms with Crippen LogP contribution >= 0.6 is 23.8 Å². The zero-order valence-electron chi connectivity index (χ0n) is 16.6. The van der Waals surface area contributed by atoms with E-state index in [1.807, 2.05) is 42.5 Å². The Balaban J connectivity index is 1.70. The molecule has 4 nitrogen and oxygen atoms in total. The smallest absolute Gasteiger partial charge is 0.306 e. The fourth-order valence-electron chi connectivity index (χ4n) is 3.84. The van der Waals surface area contributed by atoms with E-state index >= 15 is 0 Å². The molecule has 0 aliphatic heterocycles. The van der Waals surface area contributed by atoms with E-state index < -0.39 is 5.97 Å². The molecule has 2 aromatic carbocycles. The van der Waals surface area contributed by atoms with Crippen molar-refractivity contribution in [2.75, 3.05) is 11.9 Å². The van der Waals surface area contributed by atoms with Gasteiger partial charge in [0.1, 0.15) is 0 Å². The second-order valence-electron chi connectivity index (χ2n) is 7.81. The van der Waals surface area contributed by atoms with Crippen LogP contribution in [-0.2, 0) is 11.3 Å². The second kappa shape index (κ2) is 10.1. The lowest BCUT2D eigenvalue weighted by molar-refractivity contribution is -0.143. The molecule has 1 aliphatic carbocycles. The molecule has 3 rings (SSSR count). The third-order valence-corrected chi connectivity index (χ3v) is 6.25. The highest BCUT2D eigenvalue weighted by atomic mass is 35.5. The molecule has 1 saturated carbocycles. The van der Waals surface area contributed by atoms with Crippen LogP contribution in [0.4, 0.5) is 5.69 Å². The fraction of sp³-hybridized carbons (Fsp3) is 0.391. The molecule has 0 amide bonds. The Morgan fingerprint density at radius 3 is 2.41 bits per heavy atom. The Hall–Kier alpha value is -2.11. The highest BCUT2D eigenvalue weighted by molar-refractivity contribution is 7.80. The number of hydrogen-bond donors (Lipinski definition) is 2. The molecule has 2 aromatic rings. The van der Waals surface area contributed by atoms with E-state index in [0.29, 0.717) is 22.6 Å². The van der Waals surface area contributed by atoms with Crippen molar-refractivity contribution in [3.8, 4) is 0 Å². The summed E-state index contributed by atoms with van der Waals surface area (Å²) in [6.07, 6.45) is 3.32. The topological polar surface area (TPSA) is 52.6 Å². The van der Waals surface area contributed by atoms with E-state index in [2.05, 4.69) is 23.2 Å². The molecule has 0 spiro atoms. The number of hydrogen-bond acceptors (Lipinski definition) is 2. The van der Waals surface area contributed by atoms with Crippen LogP contribution in [-0.4, -0.2) is 27.6 Å². The fourth-order valence-corrected chi connectivity index (χ4v) is 4.22. The number of thiocarbonyl (C=S) groups is 1. The summed E-state index contributed by atoms with van der Waals surface area (Å²) in [5.74, 6) is -0.430. The van der Waals surface area contributed by atoms with Crippen molar-refractivity contribution >= 4 is 40.6 Å². The summed E-state index contributed by atoms with van der Waals surface area (Å²) in [4.78, 5) is 13.4. The number of rotatable bonds is 6. The Morgan fingerprint density at radius 1 is 1.14 bits per heavy atom. The van der Waals surface area contributed by atoms with Gasteiger partial charge in [0.2, 0.25) is 0 Å². The van der Waals surface area contributed by atoms with Gasteiger partial charge in [-0.15, -0.1) is 0 Å². The molecule has 0 atom stereocenters. The van der Waals surface area contributed by atoms with Crippen LogP contribution in [0.2, 0.25) is 5.02 Å². The number of aryl methyl sites for hydroxylation is 1. The second-order valence-corrected chi connectivity index (χ2v) is 8.63. The predicted octanol–water partition coefficient (Wildman–Crippen LogP) is 5.74. The summed E-state index contributed by atoms with van der Waals surface area (Å²) in [5, 5.41) is 14.1. The quantitative estimate of drug-likeness (QED) is 0.572. The van der Waals surface area contributed by atoms with Crippen LogP contribution in [0.5, 0.6) is 0 Å². The molecule has 0 heterocycles. The molecule has 0 radical (unpaired) electrons. The predicted molar refractivity (Wildman–Crippen MR) is 122 cm³/mol. The lowest BCUT2D eigenvalue weighted by atomic mass is 9.82. The number of nitrogens with one attached hydrogen (secondary N) is 1. The van der Waals surface area contributed by atoms with Crippen LogP contribution in [0, 0.1) is 18.8 Å². The molecule has 6 heteroatoms. The van der Waals surface area contributed by atoms with Crippen LogP contribution in [0.25, 0.3) is 0 Å². The van der Waals surface area contributed by atoms with Gasteiger partial charge >= 0.3 is 5.97 Å². The minimum atomic E-state index is -0.668. The highest BCUT2D eigenvalue weighted by Gasteiger charge is 2.27. The van der Waals surface area contributed by atoms with Crippen LogP contribution in [0.1, 0.15) is 36.8 Å². The van der Waals surface area contributed by atoms with Gasteiger partial charge < -0.3 is 15.3 Å². The lowest BCUT2D eigenvalue weighted by Gasteiger charge is -2.33. The molecule has 0 saturated heterocycles. The number of aliphatic carboxylic acids is 1. The number of carboxylic acids is 1. The maximum atomic E-state index is 11.2. The van der Waals surface area contributed by atoms with Gasteiger partial charge in [0.05, 0.1) is 5.92 Å². The van der Waals surface area contributed by atoms with Crippen molar-refractivity contribution in [3.05, 3.63) is 64.7 Å². The Kier molecular flexibility index (Phi) is 7.51. The number of anilines is 1. The Morgan fingerprint density at radius 2 is 1.79 bits per heavy atom. The molecule has 0 bridgehead atoms. The SMILES string of the molecule is Cc1ccccc1NC(=S)N(Cc1ccc(Cl)cc1)CC1CCC(C(=O)O)CC1. The van der Waals surface area contributed by atoms with E-state index in [4.69, 9.17) is 23.8 Å². The number of halogens is 1. The molecular formula is C23H27ClN2O2S. The van der Waals surface area contributed by atoms with Crippen molar-refractivity contribution in [3.63, 3.8) is 0 Å². The first-order valence-corrected chi connectivity index (χ1v) is 10.8. The first-order chi connectivity index (χ1) is 13.9. The summed E-state index contributed by atoms with van der Waals surface area (Å²) in [5.41, 5.74) is 3.29. The average molecular weight is 431 g/mol. The van der Waals surface area contributed by atoms with Crippen LogP contribution < -0.4 is 5.32 Å². The summed E-state index contributed by atoms with van der Waals surface area (Å²) in [6.45, 7) is 3.56. The third kappa shape index (κ3) is 6.18. The zero-order chi connectivity index (χ0) is 20.8. The lowest BCUT2D eigenvalue weighted by Crippen LogP contribution is -2.39. The van der Waals surface area contributed by atoms with Crippen LogP contribution in [0.15, 0.2) is 48.5 Å². The molecule has 0 aromatic heterocycles. The maximum Gasteiger partial charge on any atom is 0.306 e. The molecule has 29 heavy (non-hydrogen) atoms. The highest BCUT2D eigenvalue weighted by Crippen LogP contribution is 2.30. The van der Waals surface area contributed by atoms with Crippen molar-refractivity contribution < 1.29 is 9.90 Å². The minimum Gasteiger partial charge on any atom is -0.481 e. The Labute approximate surface area is 182 Å². The van der Waals surface area contributed by atoms with Gasteiger partial charge in [-0.05, 0) is 80.1 Å². The van der Waals surface area contributed by atoms with Crippen molar-refractivity contribution in [2.45, 2.75) is 39.2 Å². The first-order valence-electron chi connectivity index (χ1n) is 10.0. The van der Waals surface area contributed by atoms with Crippen molar-refractivity contribution in [1.29, 1.82) is 0 Å². The van der Waals surface area contributed by atoms with Crippen molar-refractivity contribution in [1.82, 2.24) is 4.90 Å². The van der Waals surface area contributed by atoms with E-state index in [1.54, 1.807) is 0 Å². The summed E-state index contributed by atoms with van der Waals surface area (Å²) >= 11 is 11.8. The van der Waals surface area contributed by atoms with Gasteiger partial charge in [0, 0.05) is 23.8 Å². The molecule has 154 valence electrons. The number of benzene rings is 2. The molecular weight excluding hydrogens is 404 g/mol. The summed E-state index contributed by atoms with van der Waals surface area (Å²) < 4.78 is 0. The van der Waals surface area contributed by atoms with Crippen molar-refractivity contribution in [2.24, 2.45) is 11.8 Å². The largest absolute Gasteiger partial charge is 0.481 e. The number of carboxylic acid groups (broad SMARTS) is 1. The third-order valence-electron chi connectivity index (χ3n) is 5.64. The van der Waals surface area contributed by atoms with E-state index in [1.165, 1.54) is 0 Å². The number of nitrogens with zero attached hydrogens (tertiary/aromatic N) is 1. The molecule has 0 unspecified atom stereocenters. The minimum absolute atomic E-state index is 0.201. The van der Waals surface area contributed by atoms with Gasteiger partial charge in [-0.1, -0.05) is 41.9 Å². The Bertz CT molecular complexity index is 848. The van der Waals surface area contributed by atoms with Gasteiger partial charge in [-0.3, -0.25) is 4.79 Å². The number of carbonyl (C=O) groups is 1. The van der Waals surface area contributed by atoms with Gasteiger partial charge in [-0.25, -0.2) is 0 Å². The standard InChI is InChI=1S/C23H27ClN2O2S/c1-16-4-2-3-5-21(16)25-23(29)26(15-18-8-12-20(24)13-9-18)14-17-6-10-19(11-7-17)22(27)28/h2-5,8-9,12-13,17,19H,6-7,10-11,14-15H2,1H3,(H,25,29)(H,27,28). The van der Waals surface area contributed by atoms with E-state index in [-0.39, 0.29) is 5.92 Å². The summed E-state index contributed by atoms with van der Waals surface area (Å²) in [6, 6.07) is 15.9. The normalized spacial score (nSPS) is 18.8. The van der Waals surface area contributed by atoms with E-state index in [9.17, 15) is 9.90 Å². The van der Waals surface area contributed by atoms with Gasteiger partial charge in [-0.2, -0.15) is 0 Å². The molecule has 1 aliphatic rings.